The monoisotopic (exact) mass is 415 g/mol. The van der Waals surface area contributed by atoms with E-state index in [1.807, 2.05) is 36.4 Å². The SMILES string of the molecule is O=C(CN1CCCCCC1)Nc1ccc(NCc2ccc(Br)cc2)cc1. The van der Waals surface area contributed by atoms with Crippen molar-refractivity contribution in [2.45, 2.75) is 32.2 Å². The van der Waals surface area contributed by atoms with Crippen LogP contribution in [0.15, 0.2) is 53.0 Å². The zero-order chi connectivity index (χ0) is 18.2. The summed E-state index contributed by atoms with van der Waals surface area (Å²) < 4.78 is 1.08. The van der Waals surface area contributed by atoms with Crippen molar-refractivity contribution in [3.63, 3.8) is 0 Å². The molecule has 0 aliphatic carbocycles. The molecule has 4 nitrogen and oxygen atoms in total. The fourth-order valence-electron chi connectivity index (χ4n) is 3.18. The van der Waals surface area contributed by atoms with Gasteiger partial charge >= 0.3 is 0 Å². The zero-order valence-electron chi connectivity index (χ0n) is 15.0. The largest absolute Gasteiger partial charge is 0.381 e. The summed E-state index contributed by atoms with van der Waals surface area (Å²) in [4.78, 5) is 14.5. The summed E-state index contributed by atoms with van der Waals surface area (Å²) in [5, 5.41) is 6.40. The number of likely N-dealkylation sites (tertiary alicyclic amines) is 1. The minimum absolute atomic E-state index is 0.0717. The number of halogens is 1. The molecule has 0 spiro atoms. The first-order valence-electron chi connectivity index (χ1n) is 9.30. The Balaban J connectivity index is 1.46. The van der Waals surface area contributed by atoms with Crippen molar-refractivity contribution in [1.29, 1.82) is 0 Å². The van der Waals surface area contributed by atoms with Crippen LogP contribution in [0.5, 0.6) is 0 Å². The van der Waals surface area contributed by atoms with Gasteiger partial charge in [0.15, 0.2) is 0 Å². The van der Waals surface area contributed by atoms with Crippen molar-refractivity contribution in [3.05, 3.63) is 58.6 Å². The molecule has 0 unspecified atom stereocenters. The van der Waals surface area contributed by atoms with Crippen LogP contribution >= 0.6 is 15.9 Å². The van der Waals surface area contributed by atoms with Gasteiger partial charge in [0.05, 0.1) is 6.54 Å². The van der Waals surface area contributed by atoms with E-state index >= 15 is 0 Å². The Morgan fingerprint density at radius 2 is 1.50 bits per heavy atom. The molecule has 2 N–H and O–H groups in total. The standard InChI is InChI=1S/C21H26BrN3O/c22-18-7-5-17(6-8-18)15-23-19-9-11-20(12-10-19)24-21(26)16-25-13-3-1-2-4-14-25/h5-12,23H,1-4,13-16H2,(H,24,26). The molecule has 0 atom stereocenters. The van der Waals surface area contributed by atoms with E-state index in [2.05, 4.69) is 43.6 Å². The molecule has 5 heteroatoms. The van der Waals surface area contributed by atoms with Gasteiger partial charge in [0, 0.05) is 22.4 Å². The molecule has 2 aromatic carbocycles. The summed E-state index contributed by atoms with van der Waals surface area (Å²) in [7, 11) is 0. The van der Waals surface area contributed by atoms with Gasteiger partial charge in [-0.05, 0) is 67.9 Å². The van der Waals surface area contributed by atoms with Crippen LogP contribution in [0.25, 0.3) is 0 Å². The molecule has 0 radical (unpaired) electrons. The van der Waals surface area contributed by atoms with E-state index < -0.39 is 0 Å². The van der Waals surface area contributed by atoms with Crippen LogP contribution in [0.4, 0.5) is 11.4 Å². The third-order valence-electron chi connectivity index (χ3n) is 4.64. The minimum atomic E-state index is 0.0717. The Hall–Kier alpha value is -1.85. The lowest BCUT2D eigenvalue weighted by Crippen LogP contribution is -2.33. The second kappa shape index (κ2) is 9.74. The number of benzene rings is 2. The number of carbonyl (C=O) groups is 1. The van der Waals surface area contributed by atoms with Crippen molar-refractivity contribution in [2.75, 3.05) is 30.3 Å². The van der Waals surface area contributed by atoms with Gasteiger partial charge < -0.3 is 10.6 Å². The summed E-state index contributed by atoms with van der Waals surface area (Å²) in [6, 6.07) is 16.2. The van der Waals surface area contributed by atoms with Crippen molar-refractivity contribution in [3.8, 4) is 0 Å². The summed E-state index contributed by atoms with van der Waals surface area (Å²) in [6.07, 6.45) is 4.97. The first-order chi connectivity index (χ1) is 12.7. The van der Waals surface area contributed by atoms with Crippen LogP contribution in [0, 0.1) is 0 Å². The normalized spacial score (nSPS) is 15.3. The Morgan fingerprint density at radius 1 is 0.885 bits per heavy atom. The van der Waals surface area contributed by atoms with Gasteiger partial charge in [0.1, 0.15) is 0 Å². The van der Waals surface area contributed by atoms with Gasteiger partial charge in [-0.25, -0.2) is 0 Å². The number of anilines is 2. The molecule has 138 valence electrons. The lowest BCUT2D eigenvalue weighted by atomic mass is 10.2. The van der Waals surface area contributed by atoms with E-state index in [-0.39, 0.29) is 5.91 Å². The Bertz CT molecular complexity index is 692. The van der Waals surface area contributed by atoms with Crippen molar-refractivity contribution >= 4 is 33.2 Å². The molecule has 2 aromatic rings. The first-order valence-corrected chi connectivity index (χ1v) is 10.1. The van der Waals surface area contributed by atoms with Gasteiger partial charge in [-0.1, -0.05) is 40.9 Å². The molecule has 1 amide bonds. The predicted molar refractivity (Wildman–Crippen MR) is 111 cm³/mol. The third kappa shape index (κ3) is 6.15. The molecule has 0 saturated carbocycles. The van der Waals surface area contributed by atoms with Gasteiger partial charge in [-0.2, -0.15) is 0 Å². The number of rotatable bonds is 6. The van der Waals surface area contributed by atoms with Crippen molar-refractivity contribution in [1.82, 2.24) is 4.90 Å². The maximum atomic E-state index is 12.2. The van der Waals surface area contributed by atoms with Crippen LogP contribution in [0.3, 0.4) is 0 Å². The first kappa shape index (κ1) is 18.9. The Labute approximate surface area is 164 Å². The van der Waals surface area contributed by atoms with Gasteiger partial charge in [-0.15, -0.1) is 0 Å². The molecule has 1 fully saturated rings. The number of nitrogens with zero attached hydrogens (tertiary/aromatic N) is 1. The molecule has 0 bridgehead atoms. The van der Waals surface area contributed by atoms with Crippen LogP contribution in [0.2, 0.25) is 0 Å². The fourth-order valence-corrected chi connectivity index (χ4v) is 3.44. The Kier molecular flexibility index (Phi) is 7.09. The van der Waals surface area contributed by atoms with Crippen LogP contribution in [-0.2, 0) is 11.3 Å². The summed E-state index contributed by atoms with van der Waals surface area (Å²) >= 11 is 3.45. The number of hydrogen-bond acceptors (Lipinski definition) is 3. The van der Waals surface area contributed by atoms with Gasteiger partial charge in [0.25, 0.3) is 0 Å². The highest BCUT2D eigenvalue weighted by molar-refractivity contribution is 9.10. The summed E-state index contributed by atoms with van der Waals surface area (Å²) in [5.41, 5.74) is 3.11. The lowest BCUT2D eigenvalue weighted by molar-refractivity contribution is -0.117. The molecule has 26 heavy (non-hydrogen) atoms. The van der Waals surface area contributed by atoms with Crippen molar-refractivity contribution in [2.24, 2.45) is 0 Å². The highest BCUT2D eigenvalue weighted by atomic mass is 79.9. The topological polar surface area (TPSA) is 44.4 Å². The van der Waals surface area contributed by atoms with E-state index in [1.165, 1.54) is 31.2 Å². The average molecular weight is 416 g/mol. The summed E-state index contributed by atoms with van der Waals surface area (Å²) in [6.45, 7) is 3.33. The third-order valence-corrected chi connectivity index (χ3v) is 5.17. The number of amides is 1. The van der Waals surface area contributed by atoms with Crippen LogP contribution in [0.1, 0.15) is 31.2 Å². The Morgan fingerprint density at radius 3 is 2.15 bits per heavy atom. The molecule has 3 rings (SSSR count). The maximum Gasteiger partial charge on any atom is 0.238 e. The van der Waals surface area contributed by atoms with E-state index in [9.17, 15) is 4.79 Å². The molecule has 1 saturated heterocycles. The second-order valence-electron chi connectivity index (χ2n) is 6.80. The highest BCUT2D eigenvalue weighted by Gasteiger charge is 2.12. The van der Waals surface area contributed by atoms with Crippen LogP contribution < -0.4 is 10.6 Å². The minimum Gasteiger partial charge on any atom is -0.381 e. The van der Waals surface area contributed by atoms with E-state index in [4.69, 9.17) is 0 Å². The number of nitrogens with one attached hydrogen (secondary N) is 2. The van der Waals surface area contributed by atoms with Gasteiger partial charge in [-0.3, -0.25) is 9.69 Å². The molecule has 1 heterocycles. The van der Waals surface area contributed by atoms with Crippen molar-refractivity contribution < 1.29 is 4.79 Å². The van der Waals surface area contributed by atoms with E-state index in [1.54, 1.807) is 0 Å². The number of carbonyl (C=O) groups excluding carboxylic acids is 1. The predicted octanol–water partition coefficient (Wildman–Crippen LogP) is 4.88. The van der Waals surface area contributed by atoms with Gasteiger partial charge in [0.2, 0.25) is 5.91 Å². The maximum absolute atomic E-state index is 12.2. The quantitative estimate of drug-likeness (QED) is 0.706. The average Bonchev–Trinajstić information content (AvgIpc) is 2.91. The molecule has 1 aliphatic heterocycles. The molecular weight excluding hydrogens is 390 g/mol. The zero-order valence-corrected chi connectivity index (χ0v) is 16.6. The molecule has 0 aromatic heterocycles. The second-order valence-corrected chi connectivity index (χ2v) is 7.71. The lowest BCUT2D eigenvalue weighted by Gasteiger charge is -2.19. The highest BCUT2D eigenvalue weighted by Crippen LogP contribution is 2.16. The van der Waals surface area contributed by atoms with E-state index in [0.29, 0.717) is 6.54 Å². The van der Waals surface area contributed by atoms with E-state index in [0.717, 1.165) is 35.5 Å². The molecular formula is C21H26BrN3O. The van der Waals surface area contributed by atoms with Crippen LogP contribution in [-0.4, -0.2) is 30.4 Å². The molecule has 1 aliphatic rings. The summed E-state index contributed by atoms with van der Waals surface area (Å²) in [5.74, 6) is 0.0717. The fraction of sp³-hybridized carbons (Fsp3) is 0.381. The number of hydrogen-bond donors (Lipinski definition) is 2. The smallest absolute Gasteiger partial charge is 0.238 e.